The first-order valence-corrected chi connectivity index (χ1v) is 6.89. The topological polar surface area (TPSA) is 48.8 Å². The molecule has 3 heteroatoms. The van der Waals surface area contributed by atoms with E-state index in [1.807, 2.05) is 18.2 Å². The molecule has 1 aromatic heterocycles. The maximum Gasteiger partial charge on any atom is 0.121 e. The maximum atomic E-state index is 8.48. The standard InChI is InChI=1S/C17H16N2O/c18-10-4-1-5-11-20-13-8-9-15-14-6-2-3-7-16(14)19-17(15)12-13/h2-3,6-9,12,19H,1,4-5,11H2. The Labute approximate surface area is 117 Å². The fourth-order valence-electron chi connectivity index (χ4n) is 2.42. The number of para-hydroxylation sites is 1. The van der Waals surface area contributed by atoms with E-state index in [0.717, 1.165) is 29.6 Å². The molecule has 0 saturated heterocycles. The fourth-order valence-corrected chi connectivity index (χ4v) is 2.42. The van der Waals surface area contributed by atoms with Gasteiger partial charge in [-0.15, -0.1) is 0 Å². The fraction of sp³-hybridized carbons (Fsp3) is 0.235. The van der Waals surface area contributed by atoms with Gasteiger partial charge in [-0.05, 0) is 31.0 Å². The summed E-state index contributed by atoms with van der Waals surface area (Å²) in [6.45, 7) is 0.660. The lowest BCUT2D eigenvalue weighted by atomic mass is 10.1. The molecule has 0 aliphatic carbocycles. The van der Waals surface area contributed by atoms with Crippen LogP contribution in [0.4, 0.5) is 0 Å². The Kier molecular flexibility index (Phi) is 3.56. The van der Waals surface area contributed by atoms with Crippen LogP contribution in [0.5, 0.6) is 5.75 Å². The molecule has 0 unspecified atom stereocenters. The van der Waals surface area contributed by atoms with Gasteiger partial charge in [0.15, 0.2) is 0 Å². The highest BCUT2D eigenvalue weighted by Crippen LogP contribution is 2.28. The number of H-pyrrole nitrogens is 1. The molecular formula is C17H16N2O. The molecule has 0 radical (unpaired) electrons. The average molecular weight is 264 g/mol. The number of fused-ring (bicyclic) bond motifs is 3. The molecule has 0 saturated carbocycles. The number of ether oxygens (including phenoxy) is 1. The summed E-state index contributed by atoms with van der Waals surface area (Å²) in [6, 6.07) is 16.6. The second kappa shape index (κ2) is 5.66. The number of nitrogens with zero attached hydrogens (tertiary/aromatic N) is 1. The lowest BCUT2D eigenvalue weighted by molar-refractivity contribution is 0.308. The monoisotopic (exact) mass is 264 g/mol. The summed E-state index contributed by atoms with van der Waals surface area (Å²) in [5.41, 5.74) is 2.24. The zero-order valence-corrected chi connectivity index (χ0v) is 11.2. The SMILES string of the molecule is N#CCCCCOc1ccc2c(c1)[nH]c1ccccc12. The molecular weight excluding hydrogens is 248 g/mol. The molecule has 3 aromatic rings. The number of rotatable bonds is 5. The van der Waals surface area contributed by atoms with Gasteiger partial charge < -0.3 is 9.72 Å². The third-order valence-electron chi connectivity index (χ3n) is 3.43. The van der Waals surface area contributed by atoms with Gasteiger partial charge in [0, 0.05) is 28.8 Å². The maximum absolute atomic E-state index is 8.48. The minimum absolute atomic E-state index is 0.602. The Morgan fingerprint density at radius 1 is 1.00 bits per heavy atom. The largest absolute Gasteiger partial charge is 0.494 e. The van der Waals surface area contributed by atoms with E-state index in [1.165, 1.54) is 10.8 Å². The van der Waals surface area contributed by atoms with Gasteiger partial charge >= 0.3 is 0 Å². The van der Waals surface area contributed by atoms with Crippen molar-refractivity contribution in [1.82, 2.24) is 4.98 Å². The second-order valence-electron chi connectivity index (χ2n) is 4.84. The zero-order chi connectivity index (χ0) is 13.8. The van der Waals surface area contributed by atoms with E-state index in [9.17, 15) is 0 Å². The number of aromatic nitrogens is 1. The van der Waals surface area contributed by atoms with Crippen LogP contribution in [0.3, 0.4) is 0 Å². The van der Waals surface area contributed by atoms with Crippen molar-refractivity contribution < 1.29 is 4.74 Å². The minimum Gasteiger partial charge on any atom is -0.494 e. The number of hydrogen-bond acceptors (Lipinski definition) is 2. The average Bonchev–Trinajstić information content (AvgIpc) is 2.84. The van der Waals surface area contributed by atoms with Crippen LogP contribution in [0.2, 0.25) is 0 Å². The molecule has 100 valence electrons. The Hall–Kier alpha value is -2.47. The summed E-state index contributed by atoms with van der Waals surface area (Å²) in [4.78, 5) is 3.41. The van der Waals surface area contributed by atoms with Gasteiger partial charge in [-0.2, -0.15) is 5.26 Å². The van der Waals surface area contributed by atoms with Crippen LogP contribution < -0.4 is 4.74 Å². The van der Waals surface area contributed by atoms with Crippen molar-refractivity contribution in [2.75, 3.05) is 6.61 Å². The molecule has 3 nitrogen and oxygen atoms in total. The van der Waals surface area contributed by atoms with Crippen LogP contribution in [0.15, 0.2) is 42.5 Å². The van der Waals surface area contributed by atoms with Crippen LogP contribution >= 0.6 is 0 Å². The first-order chi connectivity index (χ1) is 9.88. The number of unbranched alkanes of at least 4 members (excludes halogenated alkanes) is 2. The predicted molar refractivity (Wildman–Crippen MR) is 80.8 cm³/mol. The number of aromatic amines is 1. The Bertz CT molecular complexity index is 767. The van der Waals surface area contributed by atoms with Gasteiger partial charge in [0.2, 0.25) is 0 Å². The molecule has 1 N–H and O–H groups in total. The van der Waals surface area contributed by atoms with Crippen molar-refractivity contribution in [3.63, 3.8) is 0 Å². The van der Waals surface area contributed by atoms with Crippen molar-refractivity contribution in [2.24, 2.45) is 0 Å². The third kappa shape index (κ3) is 2.46. The van der Waals surface area contributed by atoms with Crippen LogP contribution in [-0.2, 0) is 0 Å². The molecule has 1 heterocycles. The molecule has 2 aromatic carbocycles. The number of nitrogens with one attached hydrogen (secondary N) is 1. The van der Waals surface area contributed by atoms with E-state index in [4.69, 9.17) is 10.00 Å². The van der Waals surface area contributed by atoms with Crippen molar-refractivity contribution in [2.45, 2.75) is 19.3 Å². The molecule has 0 fully saturated rings. The third-order valence-corrected chi connectivity index (χ3v) is 3.43. The van der Waals surface area contributed by atoms with Crippen LogP contribution in [0.1, 0.15) is 19.3 Å². The lowest BCUT2D eigenvalue weighted by Crippen LogP contribution is -1.96. The first kappa shape index (κ1) is 12.6. The highest BCUT2D eigenvalue weighted by atomic mass is 16.5. The first-order valence-electron chi connectivity index (χ1n) is 6.89. The van der Waals surface area contributed by atoms with Crippen molar-refractivity contribution >= 4 is 21.8 Å². The summed E-state index contributed by atoms with van der Waals surface area (Å²) >= 11 is 0. The zero-order valence-electron chi connectivity index (χ0n) is 11.2. The highest BCUT2D eigenvalue weighted by molar-refractivity contribution is 6.07. The van der Waals surface area contributed by atoms with E-state index in [0.29, 0.717) is 13.0 Å². The number of benzene rings is 2. The number of hydrogen-bond donors (Lipinski definition) is 1. The second-order valence-corrected chi connectivity index (χ2v) is 4.84. The lowest BCUT2D eigenvalue weighted by Gasteiger charge is -2.05. The molecule has 0 aliphatic heterocycles. The molecule has 0 spiro atoms. The van der Waals surface area contributed by atoms with Gasteiger partial charge in [0.1, 0.15) is 5.75 Å². The number of nitriles is 1. The van der Waals surface area contributed by atoms with Crippen molar-refractivity contribution in [1.29, 1.82) is 5.26 Å². The predicted octanol–water partition coefficient (Wildman–Crippen LogP) is 4.39. The van der Waals surface area contributed by atoms with Gasteiger partial charge in [-0.25, -0.2) is 0 Å². The summed E-state index contributed by atoms with van der Waals surface area (Å²) < 4.78 is 5.73. The quantitative estimate of drug-likeness (QED) is 0.694. The van der Waals surface area contributed by atoms with Gasteiger partial charge in [0.25, 0.3) is 0 Å². The van der Waals surface area contributed by atoms with E-state index in [1.54, 1.807) is 0 Å². The Balaban J connectivity index is 1.77. The van der Waals surface area contributed by atoms with E-state index >= 15 is 0 Å². The summed E-state index contributed by atoms with van der Waals surface area (Å²) in [5.74, 6) is 0.876. The Morgan fingerprint density at radius 3 is 2.75 bits per heavy atom. The molecule has 0 aliphatic rings. The Morgan fingerprint density at radius 2 is 1.85 bits per heavy atom. The van der Waals surface area contributed by atoms with E-state index in [-0.39, 0.29) is 0 Å². The summed E-state index contributed by atoms with van der Waals surface area (Å²) in [7, 11) is 0. The normalized spacial score (nSPS) is 10.8. The van der Waals surface area contributed by atoms with Crippen LogP contribution in [0.25, 0.3) is 21.8 Å². The smallest absolute Gasteiger partial charge is 0.121 e. The van der Waals surface area contributed by atoms with Gasteiger partial charge in [-0.1, -0.05) is 18.2 Å². The summed E-state index contributed by atoms with van der Waals surface area (Å²) in [5, 5.41) is 10.9. The molecule has 3 rings (SSSR count). The van der Waals surface area contributed by atoms with Crippen molar-refractivity contribution in [3.05, 3.63) is 42.5 Å². The van der Waals surface area contributed by atoms with Crippen molar-refractivity contribution in [3.8, 4) is 11.8 Å². The molecule has 0 bridgehead atoms. The molecule has 20 heavy (non-hydrogen) atoms. The highest BCUT2D eigenvalue weighted by Gasteiger charge is 2.04. The summed E-state index contributed by atoms with van der Waals surface area (Å²) in [6.07, 6.45) is 2.41. The van der Waals surface area contributed by atoms with E-state index < -0.39 is 0 Å². The molecule has 0 amide bonds. The van der Waals surface area contributed by atoms with Gasteiger partial charge in [-0.3, -0.25) is 0 Å². The van der Waals surface area contributed by atoms with Crippen LogP contribution in [0, 0.1) is 11.3 Å². The van der Waals surface area contributed by atoms with Gasteiger partial charge in [0.05, 0.1) is 18.2 Å². The molecule has 0 atom stereocenters. The van der Waals surface area contributed by atoms with E-state index in [2.05, 4.69) is 35.3 Å². The minimum atomic E-state index is 0.602. The van der Waals surface area contributed by atoms with Crippen LogP contribution in [-0.4, -0.2) is 11.6 Å².